The molecule has 0 nitrogen and oxygen atoms in total. The third-order valence-electron chi connectivity index (χ3n) is 1.38. The predicted octanol–water partition coefficient (Wildman–Crippen LogP) is 2.20. The summed E-state index contributed by atoms with van der Waals surface area (Å²) < 4.78 is 0. The van der Waals surface area contributed by atoms with Crippen LogP contribution in [0.4, 0.5) is 0 Å². The average molecular weight is 131 g/mol. The summed E-state index contributed by atoms with van der Waals surface area (Å²) in [6, 6.07) is 0. The molecule has 0 rings (SSSR count). The minimum atomic E-state index is 0.736. The van der Waals surface area contributed by atoms with Gasteiger partial charge in [0.1, 0.15) is 0 Å². The first-order valence-corrected chi connectivity index (χ1v) is 4.14. The standard InChI is InChI=1S/C7H15P/c1-6(2)7(3)4-5-8/h4,6H,5,8H2,1-3H3/p+1/b7-4+. The normalized spacial score (nSPS) is 13.2. The Balaban J connectivity index is 3.61. The summed E-state index contributed by atoms with van der Waals surface area (Å²) in [5.41, 5.74) is 1.51. The molecule has 8 heavy (non-hydrogen) atoms. The molecule has 0 aliphatic rings. The number of hydrogen-bond acceptors (Lipinski definition) is 0. The molecule has 0 N–H and O–H groups in total. The molecule has 0 heterocycles. The molecular weight excluding hydrogens is 115 g/mol. The minimum Gasteiger partial charge on any atom is -0.0712 e. The summed E-state index contributed by atoms with van der Waals surface area (Å²) in [6.45, 7) is 6.65. The summed E-state index contributed by atoms with van der Waals surface area (Å²) in [7, 11) is 2.00. The van der Waals surface area contributed by atoms with Gasteiger partial charge in [0, 0.05) is 0 Å². The van der Waals surface area contributed by atoms with Crippen LogP contribution in [0.2, 0.25) is 0 Å². The topological polar surface area (TPSA) is 0 Å². The quantitative estimate of drug-likeness (QED) is 0.398. The predicted molar refractivity (Wildman–Crippen MR) is 44.6 cm³/mol. The Labute approximate surface area is 54.6 Å². The zero-order chi connectivity index (χ0) is 6.57. The number of hydrogen-bond donors (Lipinski definition) is 0. The highest BCUT2D eigenvalue weighted by Crippen LogP contribution is 2.07. The van der Waals surface area contributed by atoms with Gasteiger partial charge in [-0.15, -0.1) is 0 Å². The van der Waals surface area contributed by atoms with Gasteiger partial charge in [-0.25, -0.2) is 0 Å². The molecule has 0 amide bonds. The Hall–Kier alpha value is 0.170. The SMILES string of the molecule is C/C(=C\C[PH3+])C(C)C. The molecule has 0 spiro atoms. The van der Waals surface area contributed by atoms with Crippen molar-refractivity contribution in [1.82, 2.24) is 0 Å². The van der Waals surface area contributed by atoms with Gasteiger partial charge in [-0.3, -0.25) is 0 Å². The number of allylic oxidation sites excluding steroid dienone is 2. The van der Waals surface area contributed by atoms with Crippen molar-refractivity contribution >= 4 is 9.24 Å². The summed E-state index contributed by atoms with van der Waals surface area (Å²) in [5.74, 6) is 0.736. The fourth-order valence-corrected chi connectivity index (χ4v) is 0.919. The van der Waals surface area contributed by atoms with Crippen molar-refractivity contribution < 1.29 is 0 Å². The second-order valence-corrected chi connectivity index (χ2v) is 2.97. The van der Waals surface area contributed by atoms with E-state index < -0.39 is 0 Å². The van der Waals surface area contributed by atoms with E-state index in [-0.39, 0.29) is 0 Å². The molecule has 0 bridgehead atoms. The van der Waals surface area contributed by atoms with E-state index in [1.807, 2.05) is 9.24 Å². The van der Waals surface area contributed by atoms with Crippen molar-refractivity contribution in [3.05, 3.63) is 11.6 Å². The molecule has 0 aliphatic carbocycles. The van der Waals surface area contributed by atoms with Gasteiger partial charge in [0.15, 0.2) is 0 Å². The monoisotopic (exact) mass is 131 g/mol. The van der Waals surface area contributed by atoms with Gasteiger partial charge in [-0.1, -0.05) is 19.4 Å². The van der Waals surface area contributed by atoms with Gasteiger partial charge >= 0.3 is 0 Å². The van der Waals surface area contributed by atoms with Crippen LogP contribution < -0.4 is 0 Å². The van der Waals surface area contributed by atoms with Crippen LogP contribution in [0.15, 0.2) is 11.6 Å². The van der Waals surface area contributed by atoms with Crippen LogP contribution in [0.5, 0.6) is 0 Å². The van der Waals surface area contributed by atoms with Crippen LogP contribution in [-0.4, -0.2) is 6.16 Å². The molecular formula is C7H16P+. The Bertz CT molecular complexity index is 82.4. The molecule has 0 saturated carbocycles. The molecule has 0 fully saturated rings. The van der Waals surface area contributed by atoms with Gasteiger partial charge in [0.25, 0.3) is 0 Å². The van der Waals surface area contributed by atoms with Gasteiger partial charge in [0.2, 0.25) is 0 Å². The summed E-state index contributed by atoms with van der Waals surface area (Å²) >= 11 is 0. The van der Waals surface area contributed by atoms with E-state index in [0.29, 0.717) is 0 Å². The first kappa shape index (κ1) is 8.17. The first-order chi connectivity index (χ1) is 3.68. The second-order valence-electron chi connectivity index (χ2n) is 2.39. The van der Waals surface area contributed by atoms with Gasteiger partial charge < -0.3 is 0 Å². The molecule has 1 unspecified atom stereocenters. The first-order valence-electron chi connectivity index (χ1n) is 3.14. The highest BCUT2D eigenvalue weighted by molar-refractivity contribution is 7.16. The molecule has 1 atom stereocenters. The largest absolute Gasteiger partial charge is 0.0712 e. The third kappa shape index (κ3) is 3.21. The zero-order valence-corrected chi connectivity index (χ0v) is 7.48. The van der Waals surface area contributed by atoms with Gasteiger partial charge in [0.05, 0.1) is 6.16 Å². The van der Waals surface area contributed by atoms with Gasteiger partial charge in [-0.2, -0.15) is 0 Å². The van der Waals surface area contributed by atoms with Crippen LogP contribution in [-0.2, 0) is 0 Å². The van der Waals surface area contributed by atoms with E-state index in [1.165, 1.54) is 11.7 Å². The van der Waals surface area contributed by atoms with E-state index >= 15 is 0 Å². The Morgan fingerprint density at radius 1 is 1.62 bits per heavy atom. The maximum atomic E-state index is 2.29. The lowest BCUT2D eigenvalue weighted by Crippen LogP contribution is -1.87. The van der Waals surface area contributed by atoms with E-state index in [1.54, 1.807) is 0 Å². The van der Waals surface area contributed by atoms with Crippen LogP contribution in [0.25, 0.3) is 0 Å². The molecule has 1 heteroatoms. The highest BCUT2D eigenvalue weighted by Gasteiger charge is 1.92. The lowest BCUT2D eigenvalue weighted by atomic mass is 10.1. The average Bonchev–Trinajstić information content (AvgIpc) is 1.67. The highest BCUT2D eigenvalue weighted by atomic mass is 31.0. The Morgan fingerprint density at radius 2 is 2.12 bits per heavy atom. The van der Waals surface area contributed by atoms with Crippen LogP contribution in [0, 0.1) is 5.92 Å². The summed E-state index contributed by atoms with van der Waals surface area (Å²) in [6.07, 6.45) is 3.49. The zero-order valence-electron chi connectivity index (χ0n) is 6.07. The summed E-state index contributed by atoms with van der Waals surface area (Å²) in [4.78, 5) is 0. The molecule has 0 aromatic heterocycles. The van der Waals surface area contributed by atoms with Crippen molar-refractivity contribution in [3.8, 4) is 0 Å². The third-order valence-corrected chi connectivity index (χ3v) is 1.67. The minimum absolute atomic E-state index is 0.736. The van der Waals surface area contributed by atoms with E-state index in [4.69, 9.17) is 0 Å². The van der Waals surface area contributed by atoms with Crippen molar-refractivity contribution in [2.75, 3.05) is 6.16 Å². The summed E-state index contributed by atoms with van der Waals surface area (Å²) in [5, 5.41) is 0. The van der Waals surface area contributed by atoms with E-state index in [9.17, 15) is 0 Å². The van der Waals surface area contributed by atoms with Crippen molar-refractivity contribution in [3.63, 3.8) is 0 Å². The maximum absolute atomic E-state index is 2.29. The fraction of sp³-hybridized carbons (Fsp3) is 0.714. The van der Waals surface area contributed by atoms with Crippen LogP contribution in [0.1, 0.15) is 20.8 Å². The molecule has 0 aromatic rings. The van der Waals surface area contributed by atoms with E-state index in [2.05, 4.69) is 26.8 Å². The Morgan fingerprint density at radius 3 is 2.25 bits per heavy atom. The molecule has 0 aromatic carbocycles. The maximum Gasteiger partial charge on any atom is 0.0708 e. The fourth-order valence-electron chi connectivity index (χ4n) is 0.463. The van der Waals surface area contributed by atoms with Crippen molar-refractivity contribution in [1.29, 1.82) is 0 Å². The molecule has 0 radical (unpaired) electrons. The number of rotatable bonds is 2. The van der Waals surface area contributed by atoms with Crippen LogP contribution in [0.3, 0.4) is 0 Å². The van der Waals surface area contributed by atoms with Gasteiger partial charge in [-0.05, 0) is 28.2 Å². The molecule has 0 aliphatic heterocycles. The smallest absolute Gasteiger partial charge is 0.0708 e. The van der Waals surface area contributed by atoms with E-state index in [0.717, 1.165) is 5.92 Å². The van der Waals surface area contributed by atoms with Crippen molar-refractivity contribution in [2.24, 2.45) is 5.92 Å². The van der Waals surface area contributed by atoms with Crippen LogP contribution >= 0.6 is 9.24 Å². The molecule has 0 saturated heterocycles. The molecule has 48 valence electrons. The lowest BCUT2D eigenvalue weighted by Gasteiger charge is -2.01. The Kier molecular flexibility index (Phi) is 4.18. The second kappa shape index (κ2) is 4.09. The lowest BCUT2D eigenvalue weighted by molar-refractivity contribution is 0.767. The van der Waals surface area contributed by atoms with Crippen molar-refractivity contribution in [2.45, 2.75) is 20.8 Å².